The maximum atomic E-state index is 12.6. The van der Waals surface area contributed by atoms with Crippen molar-refractivity contribution in [3.63, 3.8) is 0 Å². The number of hydrogen-bond acceptors (Lipinski definition) is 4. The number of piperidine rings is 1. The van der Waals surface area contributed by atoms with Gasteiger partial charge in [0, 0.05) is 58.3 Å². The lowest BCUT2D eigenvalue weighted by Crippen LogP contribution is -2.42. The molecule has 1 aromatic rings. The number of amides is 2. The lowest BCUT2D eigenvalue weighted by atomic mass is 9.95. The molecule has 0 saturated carbocycles. The number of carbonyl (C=O) groups is 2. The van der Waals surface area contributed by atoms with Crippen LogP contribution in [0.2, 0.25) is 0 Å². The minimum atomic E-state index is -0.179. The molecular weight excluding hydrogens is 318 g/mol. The molecule has 1 aromatic carbocycles. The first-order chi connectivity index (χ1) is 12.0. The summed E-state index contributed by atoms with van der Waals surface area (Å²) in [4.78, 5) is 30.2. The van der Waals surface area contributed by atoms with Crippen LogP contribution in [0.15, 0.2) is 24.3 Å². The van der Waals surface area contributed by atoms with E-state index in [1.54, 1.807) is 16.8 Å². The van der Waals surface area contributed by atoms with Crippen molar-refractivity contribution in [1.82, 2.24) is 9.80 Å². The molecule has 136 valence electrons. The van der Waals surface area contributed by atoms with Gasteiger partial charge in [0.05, 0.1) is 13.2 Å². The molecule has 0 bridgehead atoms. The molecule has 0 N–H and O–H groups in total. The molecular formula is C19H27N3O3. The number of rotatable bonds is 4. The number of likely N-dealkylation sites (tertiary alicyclic amines) is 1. The van der Waals surface area contributed by atoms with Gasteiger partial charge in [0.25, 0.3) is 0 Å². The third kappa shape index (κ3) is 4.31. The van der Waals surface area contributed by atoms with E-state index in [-0.39, 0.29) is 17.7 Å². The summed E-state index contributed by atoms with van der Waals surface area (Å²) in [7, 11) is 3.61. The van der Waals surface area contributed by atoms with Crippen LogP contribution in [-0.4, -0.2) is 68.6 Å². The summed E-state index contributed by atoms with van der Waals surface area (Å²) in [6.07, 6.45) is 1.08. The van der Waals surface area contributed by atoms with Gasteiger partial charge in [-0.05, 0) is 24.1 Å². The molecule has 0 spiro atoms. The smallest absolute Gasteiger partial charge is 0.226 e. The summed E-state index contributed by atoms with van der Waals surface area (Å²) in [6.45, 7) is 4.62. The van der Waals surface area contributed by atoms with Gasteiger partial charge in [-0.2, -0.15) is 0 Å². The molecule has 6 heteroatoms. The zero-order chi connectivity index (χ0) is 17.8. The number of anilines is 1. The van der Waals surface area contributed by atoms with Crippen molar-refractivity contribution in [2.45, 2.75) is 19.4 Å². The van der Waals surface area contributed by atoms with Gasteiger partial charge >= 0.3 is 0 Å². The Labute approximate surface area is 149 Å². The van der Waals surface area contributed by atoms with Crippen LogP contribution < -0.4 is 4.90 Å². The summed E-state index contributed by atoms with van der Waals surface area (Å²) < 4.78 is 5.38. The van der Waals surface area contributed by atoms with Crippen LogP contribution in [0, 0.1) is 5.92 Å². The number of benzene rings is 1. The fourth-order valence-electron chi connectivity index (χ4n) is 3.45. The Balaban J connectivity index is 1.56. The third-order valence-electron chi connectivity index (χ3n) is 5.12. The fourth-order valence-corrected chi connectivity index (χ4v) is 3.45. The van der Waals surface area contributed by atoms with Crippen LogP contribution in [0.25, 0.3) is 0 Å². The second kappa shape index (κ2) is 7.87. The van der Waals surface area contributed by atoms with Crippen LogP contribution in [0.5, 0.6) is 0 Å². The maximum Gasteiger partial charge on any atom is 0.226 e. The van der Waals surface area contributed by atoms with Gasteiger partial charge in [-0.3, -0.25) is 9.59 Å². The Hall–Kier alpha value is -2.08. The SMILES string of the molecule is CN1CCC(C(=O)N(C)Cc2ccc(N3CCOCC3)cc2)CC1=O. The minimum Gasteiger partial charge on any atom is -0.378 e. The monoisotopic (exact) mass is 345 g/mol. The molecule has 2 fully saturated rings. The highest BCUT2D eigenvalue weighted by Crippen LogP contribution is 2.21. The van der Waals surface area contributed by atoms with Gasteiger partial charge in [-0.15, -0.1) is 0 Å². The first-order valence-electron chi connectivity index (χ1n) is 8.95. The number of morpholine rings is 1. The molecule has 0 aliphatic carbocycles. The first-order valence-corrected chi connectivity index (χ1v) is 8.95. The molecule has 0 radical (unpaired) electrons. The number of nitrogens with zero attached hydrogens (tertiary/aromatic N) is 3. The van der Waals surface area contributed by atoms with Gasteiger partial charge in [-0.1, -0.05) is 12.1 Å². The number of ether oxygens (including phenoxy) is 1. The lowest BCUT2D eigenvalue weighted by Gasteiger charge is -2.31. The zero-order valence-corrected chi connectivity index (χ0v) is 15.1. The molecule has 2 aliphatic heterocycles. The quantitative estimate of drug-likeness (QED) is 0.827. The highest BCUT2D eigenvalue weighted by molar-refractivity contribution is 5.86. The summed E-state index contributed by atoms with van der Waals surface area (Å²) >= 11 is 0. The molecule has 2 aliphatic rings. The Bertz CT molecular complexity index is 611. The fraction of sp³-hybridized carbons (Fsp3) is 0.579. The third-order valence-corrected chi connectivity index (χ3v) is 5.12. The van der Waals surface area contributed by atoms with E-state index in [0.717, 1.165) is 38.3 Å². The van der Waals surface area contributed by atoms with Gasteiger partial charge in [0.15, 0.2) is 0 Å². The van der Waals surface area contributed by atoms with E-state index >= 15 is 0 Å². The summed E-state index contributed by atoms with van der Waals surface area (Å²) in [5, 5.41) is 0. The van der Waals surface area contributed by atoms with Gasteiger partial charge < -0.3 is 19.4 Å². The predicted octanol–water partition coefficient (Wildman–Crippen LogP) is 1.35. The van der Waals surface area contributed by atoms with Crippen molar-refractivity contribution in [3.05, 3.63) is 29.8 Å². The van der Waals surface area contributed by atoms with Crippen LogP contribution in [-0.2, 0) is 20.9 Å². The van der Waals surface area contributed by atoms with Crippen molar-refractivity contribution in [2.24, 2.45) is 5.92 Å². The van der Waals surface area contributed by atoms with Crippen molar-refractivity contribution >= 4 is 17.5 Å². The Kier molecular flexibility index (Phi) is 5.58. The summed E-state index contributed by atoms with van der Waals surface area (Å²) in [6, 6.07) is 8.37. The molecule has 3 rings (SSSR count). The number of hydrogen-bond donors (Lipinski definition) is 0. The largest absolute Gasteiger partial charge is 0.378 e. The van der Waals surface area contributed by atoms with Crippen LogP contribution in [0.4, 0.5) is 5.69 Å². The molecule has 1 unspecified atom stereocenters. The molecule has 25 heavy (non-hydrogen) atoms. The second-order valence-corrected chi connectivity index (χ2v) is 6.97. The van der Waals surface area contributed by atoms with Gasteiger partial charge in [0.1, 0.15) is 0 Å². The van der Waals surface area contributed by atoms with Crippen molar-refractivity contribution in [2.75, 3.05) is 51.8 Å². The molecule has 0 aromatic heterocycles. The average Bonchev–Trinajstić information content (AvgIpc) is 2.64. The molecule has 1 atom stereocenters. The Morgan fingerprint density at radius 1 is 1.20 bits per heavy atom. The van der Waals surface area contributed by atoms with Gasteiger partial charge in [-0.25, -0.2) is 0 Å². The highest BCUT2D eigenvalue weighted by Gasteiger charge is 2.30. The van der Waals surface area contributed by atoms with Crippen molar-refractivity contribution < 1.29 is 14.3 Å². The van der Waals surface area contributed by atoms with E-state index in [4.69, 9.17) is 4.74 Å². The molecule has 2 heterocycles. The van der Waals surface area contributed by atoms with Crippen LogP contribution in [0.1, 0.15) is 18.4 Å². The second-order valence-electron chi connectivity index (χ2n) is 6.97. The van der Waals surface area contributed by atoms with Crippen molar-refractivity contribution in [1.29, 1.82) is 0 Å². The van der Waals surface area contributed by atoms with E-state index in [1.165, 1.54) is 5.69 Å². The van der Waals surface area contributed by atoms with E-state index in [9.17, 15) is 9.59 Å². The lowest BCUT2D eigenvalue weighted by molar-refractivity contribution is -0.143. The van der Waals surface area contributed by atoms with E-state index in [1.807, 2.05) is 7.05 Å². The van der Waals surface area contributed by atoms with Crippen LogP contribution in [0.3, 0.4) is 0 Å². The predicted molar refractivity (Wildman–Crippen MR) is 96.3 cm³/mol. The van der Waals surface area contributed by atoms with E-state index in [2.05, 4.69) is 29.2 Å². The topological polar surface area (TPSA) is 53.1 Å². The van der Waals surface area contributed by atoms with Gasteiger partial charge in [0.2, 0.25) is 11.8 Å². The van der Waals surface area contributed by atoms with Crippen LogP contribution >= 0.6 is 0 Å². The maximum absolute atomic E-state index is 12.6. The average molecular weight is 345 g/mol. The number of carbonyl (C=O) groups excluding carboxylic acids is 2. The molecule has 2 saturated heterocycles. The molecule has 2 amide bonds. The Morgan fingerprint density at radius 3 is 2.52 bits per heavy atom. The summed E-state index contributed by atoms with van der Waals surface area (Å²) in [5.74, 6) is -0.0482. The minimum absolute atomic E-state index is 0.0628. The normalized spacial score (nSPS) is 21.4. The molecule has 6 nitrogen and oxygen atoms in total. The first kappa shape index (κ1) is 17.7. The van der Waals surface area contributed by atoms with E-state index < -0.39 is 0 Å². The zero-order valence-electron chi connectivity index (χ0n) is 15.1. The van der Waals surface area contributed by atoms with E-state index in [0.29, 0.717) is 19.5 Å². The highest BCUT2D eigenvalue weighted by atomic mass is 16.5. The summed E-state index contributed by atoms with van der Waals surface area (Å²) in [5.41, 5.74) is 2.30. The van der Waals surface area contributed by atoms with Crippen molar-refractivity contribution in [3.8, 4) is 0 Å². The Morgan fingerprint density at radius 2 is 1.88 bits per heavy atom. The standard InChI is InChI=1S/C19H27N3O3/c1-20-8-7-16(13-18(20)23)19(24)21(2)14-15-3-5-17(6-4-15)22-9-11-25-12-10-22/h3-6,16H,7-14H2,1-2H3.